The van der Waals surface area contributed by atoms with Gasteiger partial charge in [-0.15, -0.1) is 0 Å². The number of nitrogens with zero attached hydrogens (tertiary/aromatic N) is 2. The number of nitrogens with one attached hydrogen (secondary N) is 1. The molecule has 0 aliphatic rings. The van der Waals surface area contributed by atoms with E-state index in [0.29, 0.717) is 34.5 Å². The molecule has 1 N–H and O–H groups in total. The Morgan fingerprint density at radius 3 is 2.61 bits per heavy atom. The second kappa shape index (κ2) is 9.13. The standard InChI is InChI=1S/C24H21N3O4/c1-16-10-12-17(13-11-16)23-26-24(31-27-23)18-6-5-7-19(14-18)30-15-22(28)25-20-8-3-4-9-21(20)29-2/h3-14H,15H2,1-2H3,(H,25,28). The van der Waals surface area contributed by atoms with Crippen molar-refractivity contribution in [3.63, 3.8) is 0 Å². The van der Waals surface area contributed by atoms with Crippen LogP contribution in [0, 0.1) is 6.92 Å². The number of aryl methyl sites for hydroxylation is 1. The van der Waals surface area contributed by atoms with Crippen molar-refractivity contribution < 1.29 is 18.8 Å². The van der Waals surface area contributed by atoms with Crippen LogP contribution in [0.1, 0.15) is 5.56 Å². The first-order valence-electron chi connectivity index (χ1n) is 9.69. The average molecular weight is 415 g/mol. The number of anilines is 1. The van der Waals surface area contributed by atoms with E-state index in [2.05, 4.69) is 15.5 Å². The van der Waals surface area contributed by atoms with E-state index < -0.39 is 0 Å². The second-order valence-electron chi connectivity index (χ2n) is 6.85. The van der Waals surface area contributed by atoms with E-state index in [0.717, 1.165) is 11.1 Å². The third-order valence-corrected chi connectivity index (χ3v) is 4.57. The Morgan fingerprint density at radius 1 is 1.00 bits per heavy atom. The molecule has 7 heteroatoms. The van der Waals surface area contributed by atoms with Crippen LogP contribution < -0.4 is 14.8 Å². The molecule has 0 saturated carbocycles. The summed E-state index contributed by atoms with van der Waals surface area (Å²) in [4.78, 5) is 16.7. The van der Waals surface area contributed by atoms with Crippen LogP contribution in [-0.4, -0.2) is 29.8 Å². The summed E-state index contributed by atoms with van der Waals surface area (Å²) in [5.74, 6) is 1.69. The monoisotopic (exact) mass is 415 g/mol. The number of hydrogen-bond acceptors (Lipinski definition) is 6. The molecule has 0 spiro atoms. The number of aromatic nitrogens is 2. The molecule has 1 heterocycles. The normalized spacial score (nSPS) is 10.5. The SMILES string of the molecule is COc1ccccc1NC(=O)COc1cccc(-c2nc(-c3ccc(C)cc3)no2)c1. The minimum atomic E-state index is -0.297. The molecule has 1 aromatic heterocycles. The van der Waals surface area contributed by atoms with Gasteiger partial charge in [-0.05, 0) is 37.3 Å². The molecule has 0 radical (unpaired) electrons. The summed E-state index contributed by atoms with van der Waals surface area (Å²) in [6.45, 7) is 1.87. The van der Waals surface area contributed by atoms with Gasteiger partial charge in [0.05, 0.1) is 12.8 Å². The number of methoxy groups -OCH3 is 1. The zero-order valence-corrected chi connectivity index (χ0v) is 17.2. The van der Waals surface area contributed by atoms with Crippen LogP contribution in [0.4, 0.5) is 5.69 Å². The zero-order chi connectivity index (χ0) is 21.6. The second-order valence-corrected chi connectivity index (χ2v) is 6.85. The summed E-state index contributed by atoms with van der Waals surface area (Å²) in [7, 11) is 1.55. The Morgan fingerprint density at radius 2 is 1.81 bits per heavy atom. The first-order valence-corrected chi connectivity index (χ1v) is 9.69. The minimum Gasteiger partial charge on any atom is -0.495 e. The van der Waals surface area contributed by atoms with Crippen LogP contribution in [0.3, 0.4) is 0 Å². The van der Waals surface area contributed by atoms with Crippen LogP contribution >= 0.6 is 0 Å². The highest BCUT2D eigenvalue weighted by Gasteiger charge is 2.12. The quantitative estimate of drug-likeness (QED) is 0.469. The molecule has 0 unspecified atom stereocenters. The van der Waals surface area contributed by atoms with Gasteiger partial charge in [-0.3, -0.25) is 4.79 Å². The number of para-hydroxylation sites is 2. The van der Waals surface area contributed by atoms with Crippen LogP contribution in [0.25, 0.3) is 22.8 Å². The van der Waals surface area contributed by atoms with E-state index in [9.17, 15) is 4.79 Å². The van der Waals surface area contributed by atoms with E-state index >= 15 is 0 Å². The molecule has 156 valence electrons. The molecule has 4 aromatic rings. The van der Waals surface area contributed by atoms with Crippen molar-refractivity contribution in [3.8, 4) is 34.3 Å². The van der Waals surface area contributed by atoms with Crippen LogP contribution in [-0.2, 0) is 4.79 Å². The number of rotatable bonds is 7. The van der Waals surface area contributed by atoms with Gasteiger partial charge in [0.1, 0.15) is 11.5 Å². The maximum atomic E-state index is 12.3. The van der Waals surface area contributed by atoms with E-state index in [1.807, 2.05) is 49.4 Å². The molecule has 0 aliphatic heterocycles. The summed E-state index contributed by atoms with van der Waals surface area (Å²) in [6, 6.07) is 22.2. The van der Waals surface area contributed by atoms with Crippen molar-refractivity contribution >= 4 is 11.6 Å². The highest BCUT2D eigenvalue weighted by Crippen LogP contribution is 2.26. The van der Waals surface area contributed by atoms with Gasteiger partial charge >= 0.3 is 0 Å². The number of hydrogen-bond donors (Lipinski definition) is 1. The summed E-state index contributed by atoms with van der Waals surface area (Å²) < 4.78 is 16.3. The third-order valence-electron chi connectivity index (χ3n) is 4.57. The maximum absolute atomic E-state index is 12.3. The average Bonchev–Trinajstić information content (AvgIpc) is 3.29. The van der Waals surface area contributed by atoms with Gasteiger partial charge in [-0.25, -0.2) is 0 Å². The van der Waals surface area contributed by atoms with Crippen molar-refractivity contribution in [2.75, 3.05) is 19.0 Å². The first-order chi connectivity index (χ1) is 15.1. The molecule has 1 amide bonds. The number of benzene rings is 3. The van der Waals surface area contributed by atoms with E-state index in [1.165, 1.54) is 0 Å². The highest BCUT2D eigenvalue weighted by atomic mass is 16.5. The lowest BCUT2D eigenvalue weighted by atomic mass is 10.1. The Hall–Kier alpha value is -4.13. The van der Waals surface area contributed by atoms with Crippen molar-refractivity contribution in [1.29, 1.82) is 0 Å². The molecule has 31 heavy (non-hydrogen) atoms. The molecule has 0 aliphatic carbocycles. The minimum absolute atomic E-state index is 0.153. The fraction of sp³-hybridized carbons (Fsp3) is 0.125. The molecular formula is C24H21N3O4. The first kappa shape index (κ1) is 20.2. The van der Waals surface area contributed by atoms with Crippen LogP contribution in [0.2, 0.25) is 0 Å². The largest absolute Gasteiger partial charge is 0.495 e. The number of carbonyl (C=O) groups excluding carboxylic acids is 1. The lowest BCUT2D eigenvalue weighted by molar-refractivity contribution is -0.118. The van der Waals surface area contributed by atoms with Gasteiger partial charge in [-0.2, -0.15) is 4.98 Å². The summed E-state index contributed by atoms with van der Waals surface area (Å²) in [5.41, 5.74) is 3.32. The fourth-order valence-electron chi connectivity index (χ4n) is 2.96. The molecule has 7 nitrogen and oxygen atoms in total. The lowest BCUT2D eigenvalue weighted by Gasteiger charge is -2.10. The summed E-state index contributed by atoms with van der Waals surface area (Å²) in [6.07, 6.45) is 0. The van der Waals surface area contributed by atoms with Crippen molar-refractivity contribution in [3.05, 3.63) is 78.4 Å². The van der Waals surface area contributed by atoms with E-state index in [-0.39, 0.29) is 12.5 Å². The Balaban J connectivity index is 1.42. The number of ether oxygens (including phenoxy) is 2. The van der Waals surface area contributed by atoms with E-state index in [1.54, 1.807) is 37.4 Å². The van der Waals surface area contributed by atoms with Crippen LogP contribution in [0.5, 0.6) is 11.5 Å². The molecule has 0 fully saturated rings. The molecule has 0 saturated heterocycles. The number of amides is 1. The topological polar surface area (TPSA) is 86.5 Å². The van der Waals surface area contributed by atoms with Gasteiger partial charge in [0.2, 0.25) is 5.82 Å². The Labute approximate surface area is 179 Å². The summed E-state index contributed by atoms with van der Waals surface area (Å²) >= 11 is 0. The van der Waals surface area contributed by atoms with E-state index in [4.69, 9.17) is 14.0 Å². The molecule has 3 aromatic carbocycles. The predicted molar refractivity (Wildman–Crippen MR) is 117 cm³/mol. The van der Waals surface area contributed by atoms with Crippen molar-refractivity contribution in [1.82, 2.24) is 10.1 Å². The third kappa shape index (κ3) is 4.90. The maximum Gasteiger partial charge on any atom is 0.262 e. The van der Waals surface area contributed by atoms with Gasteiger partial charge in [0.15, 0.2) is 6.61 Å². The van der Waals surface area contributed by atoms with Gasteiger partial charge in [-0.1, -0.05) is 53.2 Å². The molecule has 0 bridgehead atoms. The zero-order valence-electron chi connectivity index (χ0n) is 17.2. The Bertz CT molecular complexity index is 1190. The van der Waals surface area contributed by atoms with Crippen LogP contribution in [0.15, 0.2) is 77.3 Å². The number of carbonyl (C=O) groups is 1. The highest BCUT2D eigenvalue weighted by molar-refractivity contribution is 5.93. The van der Waals surface area contributed by atoms with Crippen molar-refractivity contribution in [2.45, 2.75) is 6.92 Å². The molecule has 0 atom stereocenters. The Kier molecular flexibility index (Phi) is 5.93. The summed E-state index contributed by atoms with van der Waals surface area (Å²) in [5, 5.41) is 6.83. The van der Waals surface area contributed by atoms with Gasteiger partial charge in [0.25, 0.3) is 11.8 Å². The molecule has 4 rings (SSSR count). The fourth-order valence-corrected chi connectivity index (χ4v) is 2.96. The van der Waals surface area contributed by atoms with Gasteiger partial charge < -0.3 is 19.3 Å². The van der Waals surface area contributed by atoms with Crippen molar-refractivity contribution in [2.24, 2.45) is 0 Å². The smallest absolute Gasteiger partial charge is 0.262 e. The molecular weight excluding hydrogens is 394 g/mol. The lowest BCUT2D eigenvalue weighted by Crippen LogP contribution is -2.20. The van der Waals surface area contributed by atoms with Gasteiger partial charge in [0, 0.05) is 11.1 Å². The predicted octanol–water partition coefficient (Wildman–Crippen LogP) is 4.74.